The molecule has 3 fully saturated rings. The van der Waals surface area contributed by atoms with E-state index in [0.29, 0.717) is 17.8 Å². The number of benzene rings is 3. The van der Waals surface area contributed by atoms with Gasteiger partial charge in [-0.3, -0.25) is 24.1 Å². The summed E-state index contributed by atoms with van der Waals surface area (Å²) in [4.78, 5) is 59.3. The van der Waals surface area contributed by atoms with Gasteiger partial charge in [-0.15, -0.1) is 0 Å². The first kappa shape index (κ1) is 25.2. The molecule has 2 heterocycles. The van der Waals surface area contributed by atoms with Crippen LogP contribution in [0.15, 0.2) is 96.6 Å². The normalized spacial score (nSPS) is 31.1. The second kappa shape index (κ2) is 8.96. The second-order valence-electron chi connectivity index (χ2n) is 12.4. The third kappa shape index (κ3) is 3.32. The molecule has 2 aliphatic heterocycles. The maximum Gasteiger partial charge on any atom is 0.238 e. The van der Waals surface area contributed by atoms with Crippen molar-refractivity contribution >= 4 is 40.6 Å². The van der Waals surface area contributed by atoms with Gasteiger partial charge in [0.05, 0.1) is 35.0 Å². The highest BCUT2D eigenvalue weighted by Gasteiger charge is 2.67. The van der Waals surface area contributed by atoms with Gasteiger partial charge in [0.1, 0.15) is 0 Å². The van der Waals surface area contributed by atoms with E-state index in [2.05, 4.69) is 12.2 Å². The summed E-state index contributed by atoms with van der Waals surface area (Å²) in [7, 11) is 0. The molecule has 0 radical (unpaired) electrons. The van der Waals surface area contributed by atoms with Gasteiger partial charge in [-0.1, -0.05) is 72.3 Å². The van der Waals surface area contributed by atoms with E-state index in [9.17, 15) is 19.2 Å². The quantitative estimate of drug-likeness (QED) is 0.316. The number of nitrogens with zero attached hydrogens (tertiary/aromatic N) is 2. The van der Waals surface area contributed by atoms with Crippen LogP contribution in [0.25, 0.3) is 5.57 Å². The molecule has 6 aliphatic rings. The lowest BCUT2D eigenvalue weighted by Gasteiger charge is -2.51. The summed E-state index contributed by atoms with van der Waals surface area (Å²) in [6.07, 6.45) is 4.58. The van der Waals surface area contributed by atoms with Crippen LogP contribution in [0, 0.1) is 55.3 Å². The number of hydrogen-bond donors (Lipinski definition) is 0. The van der Waals surface area contributed by atoms with E-state index in [1.54, 1.807) is 0 Å². The molecule has 4 amide bonds. The number of anilines is 2. The second-order valence-corrected chi connectivity index (χ2v) is 12.4. The van der Waals surface area contributed by atoms with E-state index in [4.69, 9.17) is 0 Å². The van der Waals surface area contributed by atoms with Gasteiger partial charge in [-0.05, 0) is 72.7 Å². The van der Waals surface area contributed by atoms with E-state index in [1.165, 1.54) is 9.80 Å². The average molecular weight is 555 g/mol. The fourth-order valence-corrected chi connectivity index (χ4v) is 8.56. The minimum Gasteiger partial charge on any atom is -0.274 e. The van der Waals surface area contributed by atoms with E-state index in [0.717, 1.165) is 27.8 Å². The van der Waals surface area contributed by atoms with E-state index in [1.807, 2.05) is 92.7 Å². The minimum atomic E-state index is -0.574. The molecule has 6 nitrogen and oxygen atoms in total. The lowest BCUT2D eigenvalue weighted by atomic mass is 9.49. The van der Waals surface area contributed by atoms with Gasteiger partial charge in [0.25, 0.3) is 0 Å². The molecule has 9 rings (SSSR count). The number of amides is 4. The van der Waals surface area contributed by atoms with Gasteiger partial charge >= 0.3 is 0 Å². The van der Waals surface area contributed by atoms with Crippen molar-refractivity contribution in [3.05, 3.63) is 113 Å². The van der Waals surface area contributed by atoms with Crippen molar-refractivity contribution in [3.63, 3.8) is 0 Å². The molecule has 0 N–H and O–H groups in total. The van der Waals surface area contributed by atoms with Crippen molar-refractivity contribution in [1.82, 2.24) is 0 Å². The highest BCUT2D eigenvalue weighted by atomic mass is 16.2. The van der Waals surface area contributed by atoms with E-state index < -0.39 is 23.7 Å². The zero-order valence-corrected chi connectivity index (χ0v) is 23.4. The van der Waals surface area contributed by atoms with Gasteiger partial charge < -0.3 is 0 Å². The Labute approximate surface area is 244 Å². The van der Waals surface area contributed by atoms with Crippen LogP contribution in [0.3, 0.4) is 0 Å². The molecule has 7 atom stereocenters. The molecule has 4 aliphatic carbocycles. The van der Waals surface area contributed by atoms with E-state index >= 15 is 0 Å². The number of fused-ring (bicyclic) bond motifs is 1. The molecule has 42 heavy (non-hydrogen) atoms. The van der Waals surface area contributed by atoms with Crippen LogP contribution in [0.5, 0.6) is 0 Å². The van der Waals surface area contributed by atoms with Crippen molar-refractivity contribution in [2.75, 3.05) is 9.80 Å². The monoisotopic (exact) mass is 554 g/mol. The zero-order chi connectivity index (χ0) is 28.9. The summed E-state index contributed by atoms with van der Waals surface area (Å²) >= 11 is 0. The molecule has 3 aromatic carbocycles. The van der Waals surface area contributed by atoms with Crippen LogP contribution in [0.4, 0.5) is 11.4 Å². The van der Waals surface area contributed by atoms with Crippen LogP contribution >= 0.6 is 0 Å². The Morgan fingerprint density at radius 1 is 0.595 bits per heavy atom. The molecule has 208 valence electrons. The third-order valence-electron chi connectivity index (χ3n) is 10.2. The summed E-state index contributed by atoms with van der Waals surface area (Å²) in [5.74, 6) is -3.90. The molecule has 2 bridgehead atoms. The standard InChI is InChI=1S/C36H30N2O4/c1-19-8-6-12-22(16-19)37-33(39)27-18-26(21-10-4-3-5-11-21)28-24-14-15-25(29(28)32(27)36(37)42)31-30(24)34(40)38(35(31)41)23-13-7-9-20(2)17-23/h3-17,24-25,27,29-32H,18H2,1-2H3/t24-,25-,27-,29-,30-,31+,32-/m1/s1. The lowest BCUT2D eigenvalue weighted by molar-refractivity contribution is -0.129. The largest absolute Gasteiger partial charge is 0.274 e. The predicted molar refractivity (Wildman–Crippen MR) is 159 cm³/mol. The first-order valence-electron chi connectivity index (χ1n) is 14.7. The van der Waals surface area contributed by atoms with Crippen LogP contribution < -0.4 is 9.80 Å². The number of imide groups is 2. The minimum absolute atomic E-state index is 0.175. The Bertz CT molecular complexity index is 1770. The topological polar surface area (TPSA) is 74.8 Å². The summed E-state index contributed by atoms with van der Waals surface area (Å²) in [5.41, 5.74) is 6.25. The molecule has 0 unspecified atom stereocenters. The van der Waals surface area contributed by atoms with Gasteiger partial charge in [-0.25, -0.2) is 4.90 Å². The van der Waals surface area contributed by atoms with E-state index in [-0.39, 0.29) is 41.4 Å². The molecule has 1 saturated carbocycles. The van der Waals surface area contributed by atoms with Crippen LogP contribution in [-0.2, 0) is 19.2 Å². The van der Waals surface area contributed by atoms with Crippen molar-refractivity contribution in [2.45, 2.75) is 20.3 Å². The number of hydrogen-bond acceptors (Lipinski definition) is 4. The van der Waals surface area contributed by atoms with Crippen LogP contribution in [0.2, 0.25) is 0 Å². The Kier molecular flexibility index (Phi) is 5.37. The molecule has 6 heteroatoms. The number of carbonyl (C=O) groups excluding carboxylic acids is 4. The Morgan fingerprint density at radius 3 is 1.83 bits per heavy atom. The Balaban J connectivity index is 1.29. The number of aryl methyl sites for hydroxylation is 2. The highest BCUT2D eigenvalue weighted by molar-refractivity contribution is 6.24. The molecular weight excluding hydrogens is 524 g/mol. The van der Waals surface area contributed by atoms with Gasteiger partial charge in [0, 0.05) is 11.8 Å². The summed E-state index contributed by atoms with van der Waals surface area (Å²) in [6.45, 7) is 3.89. The van der Waals surface area contributed by atoms with Crippen molar-refractivity contribution < 1.29 is 19.2 Å². The zero-order valence-electron chi connectivity index (χ0n) is 23.4. The molecular formula is C36H30N2O4. The van der Waals surface area contributed by atoms with Gasteiger partial charge in [0.2, 0.25) is 23.6 Å². The highest BCUT2D eigenvalue weighted by Crippen LogP contribution is 2.63. The van der Waals surface area contributed by atoms with Crippen molar-refractivity contribution in [2.24, 2.45) is 41.4 Å². The van der Waals surface area contributed by atoms with Gasteiger partial charge in [-0.2, -0.15) is 0 Å². The van der Waals surface area contributed by atoms with Gasteiger partial charge in [0.15, 0.2) is 0 Å². The molecule has 0 spiro atoms. The first-order chi connectivity index (χ1) is 20.3. The van der Waals surface area contributed by atoms with Crippen LogP contribution in [0.1, 0.15) is 23.1 Å². The predicted octanol–water partition coefficient (Wildman–Crippen LogP) is 5.50. The average Bonchev–Trinajstić information content (AvgIpc) is 3.42. The number of rotatable bonds is 3. The fourth-order valence-electron chi connectivity index (χ4n) is 8.56. The molecule has 0 aromatic heterocycles. The number of allylic oxidation sites excluding steroid dienone is 4. The molecule has 2 saturated heterocycles. The Hall–Kier alpha value is -4.58. The molecule has 3 aromatic rings. The fraction of sp³-hybridized carbons (Fsp3) is 0.278. The number of carbonyl (C=O) groups is 4. The summed E-state index contributed by atoms with van der Waals surface area (Å²) < 4.78 is 0. The Morgan fingerprint density at radius 2 is 1.19 bits per heavy atom. The summed E-state index contributed by atoms with van der Waals surface area (Å²) in [5, 5.41) is 0. The maximum absolute atomic E-state index is 14.3. The third-order valence-corrected chi connectivity index (χ3v) is 10.2. The first-order valence-corrected chi connectivity index (χ1v) is 14.7. The maximum atomic E-state index is 14.3. The van der Waals surface area contributed by atoms with Crippen molar-refractivity contribution in [1.29, 1.82) is 0 Å². The lowest BCUT2D eigenvalue weighted by Crippen LogP contribution is -2.51. The summed E-state index contributed by atoms with van der Waals surface area (Å²) in [6, 6.07) is 25.0. The van der Waals surface area contributed by atoms with Crippen LogP contribution in [-0.4, -0.2) is 23.6 Å². The smallest absolute Gasteiger partial charge is 0.238 e. The van der Waals surface area contributed by atoms with Crippen molar-refractivity contribution in [3.8, 4) is 0 Å². The SMILES string of the molecule is Cc1cccc(N2C(=O)[C@H]3[C@@H]4C=C[C@H](C5=C(c6ccccc6)C[C@H]6C(=O)N(c7cccc(C)c7)C(=O)[C@H]6[C@@H]54)[C@H]3C2=O)c1.